The van der Waals surface area contributed by atoms with E-state index in [9.17, 15) is 0 Å². The normalized spacial score (nSPS) is 16.8. The Bertz CT molecular complexity index is 580. The summed E-state index contributed by atoms with van der Waals surface area (Å²) < 4.78 is 0. The third-order valence-electron chi connectivity index (χ3n) is 3.54. The van der Waals surface area contributed by atoms with Crippen LogP contribution < -0.4 is 0 Å². The molecule has 1 heterocycles. The molecule has 0 atom stereocenters. The molecule has 0 amide bonds. The lowest BCUT2D eigenvalue weighted by Crippen LogP contribution is -2.23. The van der Waals surface area contributed by atoms with Gasteiger partial charge in [-0.25, -0.2) is 0 Å². The van der Waals surface area contributed by atoms with E-state index in [1.807, 2.05) is 11.8 Å². The average molecular weight is 270 g/mol. The van der Waals surface area contributed by atoms with Crippen LogP contribution in [0, 0.1) is 0 Å². The molecule has 0 N–H and O–H groups in total. The first-order valence-electron chi connectivity index (χ1n) is 6.83. The van der Waals surface area contributed by atoms with Crippen LogP contribution >= 0.6 is 11.8 Å². The average Bonchev–Trinajstić information content (AvgIpc) is 2.46. The van der Waals surface area contributed by atoms with Crippen LogP contribution in [-0.4, -0.2) is 23.7 Å². The minimum atomic E-state index is 0.943. The molecular weight excluding hydrogens is 252 g/mol. The van der Waals surface area contributed by atoms with Crippen molar-refractivity contribution in [3.8, 4) is 0 Å². The van der Waals surface area contributed by atoms with E-state index in [-0.39, 0.29) is 0 Å². The van der Waals surface area contributed by atoms with E-state index < -0.39 is 0 Å². The van der Waals surface area contributed by atoms with Gasteiger partial charge in [0.05, 0.1) is 11.4 Å². The maximum atomic E-state index is 4.78. The molecule has 0 spiro atoms. The third-order valence-corrected chi connectivity index (χ3v) is 4.68. The Morgan fingerprint density at radius 3 is 2.79 bits per heavy atom. The lowest BCUT2D eigenvalue weighted by molar-refractivity contribution is 0.393. The van der Waals surface area contributed by atoms with Crippen molar-refractivity contribution in [2.24, 2.45) is 4.99 Å². The van der Waals surface area contributed by atoms with E-state index in [0.717, 1.165) is 25.2 Å². The highest BCUT2D eigenvalue weighted by molar-refractivity contribution is 8.04. The van der Waals surface area contributed by atoms with Gasteiger partial charge < -0.3 is 4.90 Å². The van der Waals surface area contributed by atoms with Crippen LogP contribution in [0.15, 0.2) is 56.9 Å². The second kappa shape index (κ2) is 5.25. The SMILES string of the molecule is CCN(CC)C1=CCC2=Nc3ccccc3SC2=C1. The summed E-state index contributed by atoms with van der Waals surface area (Å²) in [5.74, 6) is 0. The molecule has 0 aromatic heterocycles. The molecule has 19 heavy (non-hydrogen) atoms. The Kier molecular flexibility index (Phi) is 3.47. The topological polar surface area (TPSA) is 15.6 Å². The van der Waals surface area contributed by atoms with Crippen molar-refractivity contribution in [1.29, 1.82) is 0 Å². The van der Waals surface area contributed by atoms with Gasteiger partial charge >= 0.3 is 0 Å². The molecule has 0 fully saturated rings. The van der Waals surface area contributed by atoms with E-state index >= 15 is 0 Å². The maximum absolute atomic E-state index is 4.78. The molecule has 98 valence electrons. The number of likely N-dealkylation sites (N-methyl/N-ethyl adjacent to an activating group) is 1. The van der Waals surface area contributed by atoms with Gasteiger partial charge in [0.2, 0.25) is 0 Å². The molecular formula is C16H18N2S. The molecule has 3 heteroatoms. The smallest absolute Gasteiger partial charge is 0.0772 e. The van der Waals surface area contributed by atoms with Gasteiger partial charge in [-0.2, -0.15) is 0 Å². The van der Waals surface area contributed by atoms with Crippen LogP contribution in [0.3, 0.4) is 0 Å². The number of allylic oxidation sites excluding steroid dienone is 3. The van der Waals surface area contributed by atoms with Gasteiger partial charge in [0.1, 0.15) is 0 Å². The zero-order valence-corrected chi connectivity index (χ0v) is 12.2. The molecule has 0 unspecified atom stereocenters. The Hall–Kier alpha value is -1.48. The predicted molar refractivity (Wildman–Crippen MR) is 83.1 cm³/mol. The summed E-state index contributed by atoms with van der Waals surface area (Å²) in [5.41, 5.74) is 3.66. The van der Waals surface area contributed by atoms with Gasteiger partial charge in [-0.1, -0.05) is 30.0 Å². The first-order chi connectivity index (χ1) is 9.31. The maximum Gasteiger partial charge on any atom is 0.0772 e. The minimum Gasteiger partial charge on any atom is -0.372 e. The zero-order chi connectivity index (χ0) is 13.2. The Labute approximate surface area is 118 Å². The standard InChI is InChI=1S/C16H18N2S/c1-3-18(4-2)12-9-10-14-16(11-12)19-15-8-6-5-7-13(15)17-14/h5-9,11H,3-4,10H2,1-2H3. The van der Waals surface area contributed by atoms with E-state index in [4.69, 9.17) is 4.99 Å². The van der Waals surface area contributed by atoms with Gasteiger partial charge in [-0.15, -0.1) is 0 Å². The van der Waals surface area contributed by atoms with Crippen molar-refractivity contribution in [1.82, 2.24) is 4.90 Å². The van der Waals surface area contributed by atoms with E-state index in [1.54, 1.807) is 0 Å². The largest absolute Gasteiger partial charge is 0.372 e. The highest BCUT2D eigenvalue weighted by Gasteiger charge is 2.21. The quantitative estimate of drug-likeness (QED) is 0.810. The van der Waals surface area contributed by atoms with Crippen molar-refractivity contribution in [3.63, 3.8) is 0 Å². The molecule has 1 aromatic rings. The Morgan fingerprint density at radius 2 is 2.00 bits per heavy atom. The molecule has 2 aliphatic rings. The van der Waals surface area contributed by atoms with Crippen LogP contribution in [0.25, 0.3) is 0 Å². The fourth-order valence-electron chi connectivity index (χ4n) is 2.48. The monoisotopic (exact) mass is 270 g/mol. The lowest BCUT2D eigenvalue weighted by atomic mass is 10.1. The number of hydrogen-bond acceptors (Lipinski definition) is 3. The Balaban J connectivity index is 1.93. The third kappa shape index (κ3) is 2.35. The Morgan fingerprint density at radius 1 is 1.21 bits per heavy atom. The van der Waals surface area contributed by atoms with Gasteiger partial charge in [-0.05, 0) is 32.1 Å². The fraction of sp³-hybridized carbons (Fsp3) is 0.312. The minimum absolute atomic E-state index is 0.943. The van der Waals surface area contributed by atoms with Crippen molar-refractivity contribution in [2.45, 2.75) is 25.2 Å². The number of hydrogen-bond donors (Lipinski definition) is 0. The molecule has 0 bridgehead atoms. The first-order valence-corrected chi connectivity index (χ1v) is 7.65. The van der Waals surface area contributed by atoms with Crippen LogP contribution in [0.1, 0.15) is 20.3 Å². The van der Waals surface area contributed by atoms with Gasteiger partial charge in [0.25, 0.3) is 0 Å². The highest BCUT2D eigenvalue weighted by Crippen LogP contribution is 2.42. The molecule has 3 rings (SSSR count). The number of rotatable bonds is 3. The first kappa shape index (κ1) is 12.5. The summed E-state index contributed by atoms with van der Waals surface area (Å²) in [7, 11) is 0. The number of nitrogens with zero attached hydrogens (tertiary/aromatic N) is 2. The van der Waals surface area contributed by atoms with Crippen molar-refractivity contribution < 1.29 is 0 Å². The summed E-state index contributed by atoms with van der Waals surface area (Å²) in [5, 5.41) is 0. The fourth-order valence-corrected chi connectivity index (χ4v) is 3.50. The molecule has 1 aliphatic heterocycles. The van der Waals surface area contributed by atoms with Crippen LogP contribution in [0.2, 0.25) is 0 Å². The summed E-state index contributed by atoms with van der Waals surface area (Å²) in [4.78, 5) is 9.74. The second-order valence-electron chi connectivity index (χ2n) is 4.64. The van der Waals surface area contributed by atoms with E-state index in [0.29, 0.717) is 0 Å². The van der Waals surface area contributed by atoms with Crippen molar-refractivity contribution >= 4 is 23.2 Å². The number of benzene rings is 1. The van der Waals surface area contributed by atoms with Gasteiger partial charge in [-0.3, -0.25) is 4.99 Å². The second-order valence-corrected chi connectivity index (χ2v) is 5.73. The summed E-state index contributed by atoms with van der Waals surface area (Å²) in [6.45, 7) is 6.52. The van der Waals surface area contributed by atoms with E-state index in [1.165, 1.54) is 21.2 Å². The van der Waals surface area contributed by atoms with Crippen LogP contribution in [-0.2, 0) is 0 Å². The van der Waals surface area contributed by atoms with Gasteiger partial charge in [0.15, 0.2) is 0 Å². The van der Waals surface area contributed by atoms with Crippen molar-refractivity contribution in [3.05, 3.63) is 47.0 Å². The summed E-state index contributed by atoms with van der Waals surface area (Å²) >= 11 is 1.85. The summed E-state index contributed by atoms with van der Waals surface area (Å²) in [6.07, 6.45) is 5.53. The van der Waals surface area contributed by atoms with Gasteiger partial charge in [0, 0.05) is 35.0 Å². The molecule has 0 saturated carbocycles. The van der Waals surface area contributed by atoms with Crippen LogP contribution in [0.5, 0.6) is 0 Å². The van der Waals surface area contributed by atoms with Crippen molar-refractivity contribution in [2.75, 3.05) is 13.1 Å². The zero-order valence-electron chi connectivity index (χ0n) is 11.4. The molecule has 2 nitrogen and oxygen atoms in total. The van der Waals surface area contributed by atoms with E-state index in [2.05, 4.69) is 55.2 Å². The summed E-state index contributed by atoms with van der Waals surface area (Å²) in [6, 6.07) is 8.38. The molecule has 0 radical (unpaired) electrons. The van der Waals surface area contributed by atoms with Crippen LogP contribution in [0.4, 0.5) is 5.69 Å². The molecule has 0 saturated heterocycles. The molecule has 1 aliphatic carbocycles. The predicted octanol–water partition coefficient (Wildman–Crippen LogP) is 4.38. The number of thioether (sulfide) groups is 1. The molecule has 1 aromatic carbocycles. The number of aliphatic imine (C=N–C) groups is 1. The number of para-hydroxylation sites is 1. The number of fused-ring (bicyclic) bond motifs is 2. The lowest BCUT2D eigenvalue weighted by Gasteiger charge is -2.27. The highest BCUT2D eigenvalue weighted by atomic mass is 32.2.